The summed E-state index contributed by atoms with van der Waals surface area (Å²) in [7, 11) is 1.27. The van der Waals surface area contributed by atoms with Gasteiger partial charge in [0.15, 0.2) is 0 Å². The van der Waals surface area contributed by atoms with Crippen LogP contribution in [0.5, 0.6) is 5.88 Å². The molecule has 7 heteroatoms. The second kappa shape index (κ2) is 5.35. The van der Waals surface area contributed by atoms with Crippen molar-refractivity contribution >= 4 is 12.6 Å². The molecule has 1 heterocycles. The number of methoxy groups -OCH3 is 1. The van der Waals surface area contributed by atoms with Crippen molar-refractivity contribution in [1.29, 1.82) is 0 Å². The van der Waals surface area contributed by atoms with Gasteiger partial charge in [-0.3, -0.25) is 4.98 Å². The molecular formula is C6H6BF3KNO. The fraction of sp³-hybridized carbons (Fsp3) is 0.167. The minimum absolute atomic E-state index is 0. The van der Waals surface area contributed by atoms with Crippen molar-refractivity contribution in [2.75, 3.05) is 7.11 Å². The third-order valence-electron chi connectivity index (χ3n) is 1.29. The number of ether oxygens (including phenoxy) is 1. The summed E-state index contributed by atoms with van der Waals surface area (Å²) in [6.07, 6.45) is 0. The van der Waals surface area contributed by atoms with Gasteiger partial charge in [-0.1, -0.05) is 12.1 Å². The third-order valence-corrected chi connectivity index (χ3v) is 1.29. The van der Waals surface area contributed by atoms with E-state index in [2.05, 4.69) is 9.72 Å². The number of hydrogen-bond donors (Lipinski definition) is 0. The standard InChI is InChI=1S/C6H6BF3NO.K/c1-12-6-4-2-3-5(11-6)7(8,9)10;/h2-4H,1H3;/q-1;+1. The number of halogens is 3. The van der Waals surface area contributed by atoms with Gasteiger partial charge in [0.1, 0.15) is 0 Å². The van der Waals surface area contributed by atoms with Crippen LogP contribution in [0.15, 0.2) is 18.2 Å². The molecule has 1 rings (SSSR count). The van der Waals surface area contributed by atoms with Crippen molar-refractivity contribution in [1.82, 2.24) is 4.98 Å². The van der Waals surface area contributed by atoms with Gasteiger partial charge in [0.25, 0.3) is 0 Å². The van der Waals surface area contributed by atoms with Crippen molar-refractivity contribution in [3.63, 3.8) is 0 Å². The molecule has 0 unspecified atom stereocenters. The van der Waals surface area contributed by atoms with Crippen molar-refractivity contribution < 1.29 is 69.1 Å². The Morgan fingerprint density at radius 1 is 1.31 bits per heavy atom. The van der Waals surface area contributed by atoms with Crippen molar-refractivity contribution in [3.8, 4) is 5.88 Å². The first-order chi connectivity index (χ1) is 5.54. The predicted octanol–water partition coefficient (Wildman–Crippen LogP) is -1.85. The molecule has 0 bridgehead atoms. The molecule has 0 saturated heterocycles. The molecule has 0 aliphatic heterocycles. The zero-order valence-corrected chi connectivity index (χ0v) is 10.4. The first kappa shape index (κ1) is 13.4. The Balaban J connectivity index is 0.00000144. The van der Waals surface area contributed by atoms with Crippen LogP contribution in [0.2, 0.25) is 0 Å². The van der Waals surface area contributed by atoms with Crippen LogP contribution < -0.4 is 61.7 Å². The summed E-state index contributed by atoms with van der Waals surface area (Å²) in [5, 5.41) is 0. The van der Waals surface area contributed by atoms with E-state index >= 15 is 0 Å². The quantitative estimate of drug-likeness (QED) is 0.540. The average molecular weight is 215 g/mol. The molecule has 0 spiro atoms. The van der Waals surface area contributed by atoms with E-state index in [1.165, 1.54) is 19.2 Å². The second-order valence-corrected chi connectivity index (χ2v) is 2.18. The van der Waals surface area contributed by atoms with E-state index in [4.69, 9.17) is 0 Å². The van der Waals surface area contributed by atoms with Gasteiger partial charge in [0.2, 0.25) is 5.88 Å². The summed E-state index contributed by atoms with van der Waals surface area (Å²) in [6, 6.07) is 3.55. The maximum Gasteiger partial charge on any atom is 1.00 e. The van der Waals surface area contributed by atoms with Gasteiger partial charge < -0.3 is 17.7 Å². The molecule has 66 valence electrons. The van der Waals surface area contributed by atoms with Gasteiger partial charge in [-0.15, -0.1) is 0 Å². The molecule has 0 N–H and O–H groups in total. The summed E-state index contributed by atoms with van der Waals surface area (Å²) in [6.45, 7) is -5.02. The third kappa shape index (κ3) is 3.99. The molecule has 0 saturated carbocycles. The summed E-state index contributed by atoms with van der Waals surface area (Å²) < 4.78 is 40.7. The summed E-state index contributed by atoms with van der Waals surface area (Å²) in [5.74, 6) is -0.0216. The molecule has 1 aromatic heterocycles. The van der Waals surface area contributed by atoms with Gasteiger partial charge in [0, 0.05) is 6.07 Å². The monoisotopic (exact) mass is 215 g/mol. The Morgan fingerprint density at radius 2 is 1.92 bits per heavy atom. The molecule has 0 fully saturated rings. The van der Waals surface area contributed by atoms with Gasteiger partial charge >= 0.3 is 58.4 Å². The van der Waals surface area contributed by atoms with E-state index in [0.717, 1.165) is 6.07 Å². The maximum absolute atomic E-state index is 12.0. The molecule has 0 atom stereocenters. The van der Waals surface area contributed by atoms with E-state index in [9.17, 15) is 12.9 Å². The smallest absolute Gasteiger partial charge is 0.481 e. The average Bonchev–Trinajstić information content (AvgIpc) is 2.03. The van der Waals surface area contributed by atoms with E-state index in [0.29, 0.717) is 0 Å². The van der Waals surface area contributed by atoms with E-state index in [-0.39, 0.29) is 57.3 Å². The molecule has 0 aliphatic carbocycles. The Morgan fingerprint density at radius 3 is 2.38 bits per heavy atom. The van der Waals surface area contributed by atoms with Gasteiger partial charge in [-0.2, -0.15) is 0 Å². The zero-order valence-electron chi connectivity index (χ0n) is 7.30. The van der Waals surface area contributed by atoms with Crippen molar-refractivity contribution in [3.05, 3.63) is 18.2 Å². The fourth-order valence-electron chi connectivity index (χ4n) is 0.727. The molecule has 1 aromatic rings. The number of nitrogens with zero attached hydrogens (tertiary/aromatic N) is 1. The van der Waals surface area contributed by atoms with Crippen LogP contribution in [0.4, 0.5) is 12.9 Å². The van der Waals surface area contributed by atoms with Crippen LogP contribution in [-0.4, -0.2) is 19.1 Å². The van der Waals surface area contributed by atoms with E-state index in [1.807, 2.05) is 0 Å². The molecule has 0 aliphatic rings. The molecule has 0 amide bonds. The summed E-state index contributed by atoms with van der Waals surface area (Å²) >= 11 is 0. The number of aromatic nitrogens is 1. The zero-order chi connectivity index (χ0) is 9.19. The minimum Gasteiger partial charge on any atom is -0.481 e. The van der Waals surface area contributed by atoms with Crippen LogP contribution in [0.25, 0.3) is 0 Å². The van der Waals surface area contributed by atoms with Crippen LogP contribution in [-0.2, 0) is 0 Å². The Labute approximate surface area is 116 Å². The van der Waals surface area contributed by atoms with E-state index < -0.39 is 12.6 Å². The van der Waals surface area contributed by atoms with Crippen molar-refractivity contribution in [2.45, 2.75) is 0 Å². The molecular weight excluding hydrogens is 209 g/mol. The van der Waals surface area contributed by atoms with Crippen LogP contribution >= 0.6 is 0 Å². The number of hydrogen-bond acceptors (Lipinski definition) is 2. The molecule has 0 radical (unpaired) electrons. The Bertz CT molecular complexity index is 281. The van der Waals surface area contributed by atoms with Crippen LogP contribution in [0, 0.1) is 0 Å². The normalized spacial score (nSPS) is 10.5. The first-order valence-electron chi connectivity index (χ1n) is 3.25. The SMILES string of the molecule is COc1cccc([B-](F)(F)F)n1.[K+]. The number of pyridine rings is 1. The van der Waals surface area contributed by atoms with Gasteiger partial charge in [0.05, 0.1) is 7.11 Å². The first-order valence-corrected chi connectivity index (χ1v) is 3.25. The summed E-state index contributed by atoms with van der Waals surface area (Å²) in [5.41, 5.74) is -0.880. The van der Waals surface area contributed by atoms with Crippen molar-refractivity contribution in [2.24, 2.45) is 0 Å². The maximum atomic E-state index is 12.0. The Hall–Kier alpha value is 0.441. The molecule has 13 heavy (non-hydrogen) atoms. The largest absolute Gasteiger partial charge is 1.00 e. The Kier molecular flexibility index (Phi) is 5.54. The van der Waals surface area contributed by atoms with Gasteiger partial charge in [-0.25, -0.2) is 0 Å². The summed E-state index contributed by atoms with van der Waals surface area (Å²) in [4.78, 5) is 3.24. The van der Waals surface area contributed by atoms with Crippen LogP contribution in [0.1, 0.15) is 0 Å². The van der Waals surface area contributed by atoms with E-state index in [1.54, 1.807) is 0 Å². The molecule has 0 aromatic carbocycles. The number of rotatable bonds is 2. The van der Waals surface area contributed by atoms with Crippen LogP contribution in [0.3, 0.4) is 0 Å². The van der Waals surface area contributed by atoms with Gasteiger partial charge in [-0.05, 0) is 5.59 Å². The fourth-order valence-corrected chi connectivity index (χ4v) is 0.727. The minimum atomic E-state index is -5.02. The predicted molar refractivity (Wildman–Crippen MR) is 39.5 cm³/mol. The topological polar surface area (TPSA) is 22.1 Å². The second-order valence-electron chi connectivity index (χ2n) is 2.18. The molecule has 2 nitrogen and oxygen atoms in total.